The largest absolute Gasteiger partial charge is 0.550 e. The highest BCUT2D eigenvalue weighted by atomic mass is 16.6. The van der Waals surface area contributed by atoms with Crippen LogP contribution < -0.4 is 5.11 Å². The van der Waals surface area contributed by atoms with Gasteiger partial charge < -0.3 is 24.2 Å². The molecule has 1 aliphatic heterocycles. The number of rotatable bonds is 18. The third-order valence-corrected chi connectivity index (χ3v) is 8.83. The smallest absolute Gasteiger partial charge is 0.343 e. The number of likely N-dealkylation sites (tertiary alicyclic amines) is 1. The van der Waals surface area contributed by atoms with Gasteiger partial charge in [-0.15, -0.1) is 0 Å². The highest BCUT2D eigenvalue weighted by Crippen LogP contribution is 2.42. The summed E-state index contributed by atoms with van der Waals surface area (Å²) in [6, 6.07) is 9.33. The van der Waals surface area contributed by atoms with E-state index < -0.39 is 17.5 Å². The molecule has 1 aromatic carbocycles. The summed E-state index contributed by atoms with van der Waals surface area (Å²) in [5, 5.41) is 21.6. The van der Waals surface area contributed by atoms with Gasteiger partial charge >= 0.3 is 5.97 Å². The maximum atomic E-state index is 12.9. The number of aliphatic hydroxyl groups is 1. The Morgan fingerprint density at radius 3 is 2.09 bits per heavy atom. The van der Waals surface area contributed by atoms with Crippen LogP contribution >= 0.6 is 0 Å². The quantitative estimate of drug-likeness (QED) is 0.0852. The number of hydrogen-bond donors (Lipinski definition) is 1. The van der Waals surface area contributed by atoms with Crippen molar-refractivity contribution in [2.45, 2.75) is 128 Å². The van der Waals surface area contributed by atoms with Gasteiger partial charge in [0, 0.05) is 18.3 Å². The Hall–Kier alpha value is -2.44. The van der Waals surface area contributed by atoms with Gasteiger partial charge in [-0.1, -0.05) is 107 Å². The standard InChI is InChI=1S/C19H28NO3.C18H32O2/c1-20(2)13-12-17(14-20)23-18(21)19(22,16-10-6-7-11-16)15-8-4-3-5-9-15;1-2-3-4-5-6-7-8-9-10-11-12-13-14-15-16-17-18(19)20/h3-5,8-9,16-17,22H,6-7,10-14H2,1-2H3;6-7,9-10H,2-5,8,11-17H2,1H3,(H,19,20)/q+1;/p-1/b;7-6-,10-9-. The zero-order valence-corrected chi connectivity index (χ0v) is 27.3. The Bertz CT molecular complexity index is 966. The average Bonchev–Trinajstić information content (AvgIpc) is 3.65. The third kappa shape index (κ3) is 14.3. The number of carbonyl (C=O) groups excluding carboxylic acids is 2. The molecule has 2 aliphatic rings. The van der Waals surface area contributed by atoms with E-state index in [9.17, 15) is 19.8 Å². The lowest BCUT2D eigenvalue weighted by atomic mass is 9.80. The number of ether oxygens (including phenoxy) is 1. The van der Waals surface area contributed by atoms with E-state index >= 15 is 0 Å². The molecule has 1 N–H and O–H groups in total. The van der Waals surface area contributed by atoms with Crippen LogP contribution in [0.4, 0.5) is 0 Å². The second-order valence-corrected chi connectivity index (χ2v) is 13.1. The average molecular weight is 598 g/mol. The molecule has 6 nitrogen and oxygen atoms in total. The lowest BCUT2D eigenvalue weighted by molar-refractivity contribution is -0.879. The molecule has 3 rings (SSSR count). The zero-order chi connectivity index (χ0) is 31.4. The van der Waals surface area contributed by atoms with Crippen LogP contribution in [0.5, 0.6) is 0 Å². The number of esters is 1. The van der Waals surface area contributed by atoms with Gasteiger partial charge in [0.1, 0.15) is 6.54 Å². The van der Waals surface area contributed by atoms with Crippen molar-refractivity contribution in [3.05, 3.63) is 60.2 Å². The molecule has 1 heterocycles. The third-order valence-electron chi connectivity index (χ3n) is 8.83. The number of nitrogens with zero attached hydrogens (tertiary/aromatic N) is 1. The van der Waals surface area contributed by atoms with Crippen LogP contribution in [0.25, 0.3) is 0 Å². The molecule has 43 heavy (non-hydrogen) atoms. The molecule has 2 unspecified atom stereocenters. The maximum Gasteiger partial charge on any atom is 0.343 e. The summed E-state index contributed by atoms with van der Waals surface area (Å²) in [5.74, 6) is -1.42. The second kappa shape index (κ2) is 20.5. The fourth-order valence-corrected chi connectivity index (χ4v) is 6.20. The van der Waals surface area contributed by atoms with Crippen LogP contribution in [0.15, 0.2) is 54.6 Å². The summed E-state index contributed by atoms with van der Waals surface area (Å²) in [6.45, 7) is 4.06. The summed E-state index contributed by atoms with van der Waals surface area (Å²) in [4.78, 5) is 23.1. The Balaban J connectivity index is 0.000000304. The second-order valence-electron chi connectivity index (χ2n) is 13.1. The number of benzene rings is 1. The monoisotopic (exact) mass is 597 g/mol. The number of aliphatic carboxylic acids is 1. The topological polar surface area (TPSA) is 86.7 Å². The number of carboxylic acids is 1. The Morgan fingerprint density at radius 2 is 1.51 bits per heavy atom. The van der Waals surface area contributed by atoms with E-state index in [0.29, 0.717) is 5.56 Å². The van der Waals surface area contributed by atoms with E-state index in [1.807, 2.05) is 30.3 Å². The van der Waals surface area contributed by atoms with Crippen LogP contribution in [0.3, 0.4) is 0 Å². The van der Waals surface area contributed by atoms with Crippen LogP contribution in [0.2, 0.25) is 0 Å². The van der Waals surface area contributed by atoms with Crippen molar-refractivity contribution in [2.75, 3.05) is 27.2 Å². The zero-order valence-electron chi connectivity index (χ0n) is 27.3. The molecule has 0 aromatic heterocycles. The molecule has 1 aliphatic carbocycles. The summed E-state index contributed by atoms with van der Waals surface area (Å²) >= 11 is 0. The minimum atomic E-state index is -1.50. The lowest BCUT2D eigenvalue weighted by Crippen LogP contribution is -2.46. The molecule has 2 fully saturated rings. The predicted molar refractivity (Wildman–Crippen MR) is 173 cm³/mol. The van der Waals surface area contributed by atoms with Gasteiger partial charge in [-0.25, -0.2) is 4.79 Å². The molecule has 0 radical (unpaired) electrons. The first-order valence-electron chi connectivity index (χ1n) is 17.0. The Labute approximate surface area is 261 Å². The van der Waals surface area contributed by atoms with E-state index in [1.165, 1.54) is 38.5 Å². The first kappa shape index (κ1) is 36.8. The van der Waals surface area contributed by atoms with Crippen LogP contribution in [-0.2, 0) is 19.9 Å². The van der Waals surface area contributed by atoms with Crippen molar-refractivity contribution in [1.29, 1.82) is 0 Å². The molecule has 1 aromatic rings. The molecule has 0 bridgehead atoms. The van der Waals surface area contributed by atoms with Gasteiger partial charge in [0.2, 0.25) is 0 Å². The molecule has 0 spiro atoms. The van der Waals surface area contributed by atoms with E-state index in [1.54, 1.807) is 0 Å². The number of likely N-dealkylation sites (N-methyl/N-ethyl adjacent to an activating group) is 1. The molecule has 1 saturated carbocycles. The van der Waals surface area contributed by atoms with Crippen LogP contribution in [-0.4, -0.2) is 54.8 Å². The molecule has 6 heteroatoms. The van der Waals surface area contributed by atoms with Gasteiger partial charge in [-0.3, -0.25) is 0 Å². The first-order valence-corrected chi connectivity index (χ1v) is 17.0. The van der Waals surface area contributed by atoms with Crippen LogP contribution in [0.1, 0.15) is 122 Å². The van der Waals surface area contributed by atoms with Gasteiger partial charge in [-0.05, 0) is 63.4 Å². The summed E-state index contributed by atoms with van der Waals surface area (Å²) in [7, 11) is 4.29. The van der Waals surface area contributed by atoms with Crippen molar-refractivity contribution >= 4 is 11.9 Å². The summed E-state index contributed by atoms with van der Waals surface area (Å²) in [5.41, 5.74) is -0.832. The molecule has 242 valence electrons. The number of allylic oxidation sites excluding steroid dienone is 4. The minimum absolute atomic E-state index is 0.0405. The number of carbonyl (C=O) groups is 2. The van der Waals surface area contributed by atoms with Gasteiger partial charge in [0.15, 0.2) is 11.7 Å². The number of hydrogen-bond acceptors (Lipinski definition) is 5. The normalized spacial score (nSPS) is 19.8. The Kier molecular flexibility index (Phi) is 17.5. The van der Waals surface area contributed by atoms with Crippen molar-refractivity contribution in [1.82, 2.24) is 0 Å². The number of unbranched alkanes of at least 4 members (excludes halogenated alkanes) is 8. The van der Waals surface area contributed by atoms with Crippen molar-refractivity contribution in [3.63, 3.8) is 0 Å². The van der Waals surface area contributed by atoms with Gasteiger partial charge in [0.25, 0.3) is 0 Å². The molecular formula is C37H59NO5. The van der Waals surface area contributed by atoms with Gasteiger partial charge in [-0.2, -0.15) is 0 Å². The van der Waals surface area contributed by atoms with Crippen molar-refractivity contribution in [2.24, 2.45) is 5.92 Å². The molecule has 1 saturated heterocycles. The highest BCUT2D eigenvalue weighted by Gasteiger charge is 2.49. The first-order chi connectivity index (χ1) is 20.7. The highest BCUT2D eigenvalue weighted by molar-refractivity contribution is 5.81. The minimum Gasteiger partial charge on any atom is -0.550 e. The summed E-state index contributed by atoms with van der Waals surface area (Å²) < 4.78 is 6.64. The van der Waals surface area contributed by atoms with Crippen molar-refractivity contribution in [3.8, 4) is 0 Å². The number of carboxylic acid groups (broad SMARTS) is 1. The fourth-order valence-electron chi connectivity index (χ4n) is 6.20. The molecule has 0 amide bonds. The van der Waals surface area contributed by atoms with Crippen molar-refractivity contribution < 1.29 is 29.0 Å². The fraction of sp³-hybridized carbons (Fsp3) is 0.676. The molecule has 2 atom stereocenters. The lowest BCUT2D eigenvalue weighted by Gasteiger charge is -2.33. The van der Waals surface area contributed by atoms with Crippen LogP contribution in [0, 0.1) is 5.92 Å². The Morgan fingerprint density at radius 1 is 0.907 bits per heavy atom. The SMILES string of the molecule is CCCCC/C=C\C/C=C\CCCCCCCC(=O)[O-].C[N+]1(C)CCC(OC(=O)C(O)(c2ccccc2)C2CCCC2)C1. The number of quaternary nitrogens is 1. The van der Waals surface area contributed by atoms with E-state index in [4.69, 9.17) is 4.74 Å². The molecular weight excluding hydrogens is 538 g/mol. The predicted octanol–water partition coefficient (Wildman–Crippen LogP) is 7.01. The van der Waals surface area contributed by atoms with Gasteiger partial charge in [0.05, 0.1) is 20.6 Å². The maximum absolute atomic E-state index is 12.9. The summed E-state index contributed by atoms with van der Waals surface area (Å²) in [6.07, 6.45) is 26.6. The van der Waals surface area contributed by atoms with E-state index in [0.717, 1.165) is 81.8 Å². The van der Waals surface area contributed by atoms with E-state index in [-0.39, 0.29) is 18.4 Å². The van der Waals surface area contributed by atoms with E-state index in [2.05, 4.69) is 45.3 Å².